The number of fused-ring (bicyclic) bond motifs is 1. The largest absolute Gasteiger partial charge is 0.321 e. The molecule has 1 amide bonds. The summed E-state index contributed by atoms with van der Waals surface area (Å²) in [7, 11) is -3.72. The molecule has 0 unspecified atom stereocenters. The third-order valence-corrected chi connectivity index (χ3v) is 8.36. The lowest BCUT2D eigenvalue weighted by molar-refractivity contribution is 0.103. The number of carbonyl (C=O) groups is 1. The summed E-state index contributed by atoms with van der Waals surface area (Å²) in [5.74, 6) is -0.332. The monoisotopic (exact) mass is 470 g/mol. The van der Waals surface area contributed by atoms with Gasteiger partial charge in [-0.25, -0.2) is 8.42 Å². The van der Waals surface area contributed by atoms with Gasteiger partial charge in [-0.2, -0.15) is 0 Å². The molecule has 4 aromatic rings. The van der Waals surface area contributed by atoms with E-state index in [1.165, 1.54) is 27.8 Å². The zero-order valence-electron chi connectivity index (χ0n) is 16.6. The Kier molecular flexibility index (Phi) is 6.00. The van der Waals surface area contributed by atoms with E-state index in [1.54, 1.807) is 43.3 Å². The van der Waals surface area contributed by atoms with Crippen molar-refractivity contribution in [2.45, 2.75) is 11.8 Å². The Bertz CT molecular complexity index is 1330. The molecule has 1 aromatic heterocycles. The van der Waals surface area contributed by atoms with Crippen LogP contribution in [0.4, 0.5) is 11.4 Å². The molecular weight excluding hydrogens is 452 g/mol. The molecule has 0 spiro atoms. The molecule has 158 valence electrons. The Morgan fingerprint density at radius 2 is 1.61 bits per heavy atom. The van der Waals surface area contributed by atoms with Crippen LogP contribution < -0.4 is 9.62 Å². The van der Waals surface area contributed by atoms with Gasteiger partial charge in [0, 0.05) is 22.3 Å². The summed E-state index contributed by atoms with van der Waals surface area (Å²) >= 11 is 7.69. The zero-order chi connectivity index (χ0) is 22.0. The van der Waals surface area contributed by atoms with E-state index in [4.69, 9.17) is 11.6 Å². The maximum atomic E-state index is 13.1. The van der Waals surface area contributed by atoms with Gasteiger partial charge in [0.15, 0.2) is 0 Å². The van der Waals surface area contributed by atoms with E-state index < -0.39 is 10.0 Å². The van der Waals surface area contributed by atoms with Crippen LogP contribution in [0.1, 0.15) is 16.6 Å². The van der Waals surface area contributed by atoms with Gasteiger partial charge in [-0.15, -0.1) is 11.3 Å². The van der Waals surface area contributed by atoms with E-state index in [0.29, 0.717) is 27.8 Å². The Labute approximate surface area is 189 Å². The van der Waals surface area contributed by atoms with Crippen molar-refractivity contribution in [2.24, 2.45) is 0 Å². The molecule has 0 bridgehead atoms. The van der Waals surface area contributed by atoms with E-state index in [0.717, 1.165) is 10.1 Å². The molecule has 0 aliphatic heterocycles. The smallest absolute Gasteiger partial charge is 0.267 e. The van der Waals surface area contributed by atoms with E-state index in [9.17, 15) is 13.2 Å². The van der Waals surface area contributed by atoms with Crippen molar-refractivity contribution in [1.82, 2.24) is 0 Å². The van der Waals surface area contributed by atoms with Crippen LogP contribution in [0.15, 0.2) is 83.8 Å². The Morgan fingerprint density at radius 3 is 2.26 bits per heavy atom. The van der Waals surface area contributed by atoms with Crippen molar-refractivity contribution in [1.29, 1.82) is 0 Å². The van der Waals surface area contributed by atoms with Gasteiger partial charge in [-0.05, 0) is 49.4 Å². The highest BCUT2D eigenvalue weighted by molar-refractivity contribution is 7.92. The number of nitrogens with one attached hydrogen (secondary N) is 1. The van der Waals surface area contributed by atoms with Gasteiger partial charge in [0.25, 0.3) is 15.9 Å². The number of halogens is 1. The van der Waals surface area contributed by atoms with Crippen LogP contribution in [0.3, 0.4) is 0 Å². The molecule has 4 rings (SSSR count). The summed E-state index contributed by atoms with van der Waals surface area (Å²) in [5.41, 5.74) is 1.09. The van der Waals surface area contributed by atoms with Gasteiger partial charge < -0.3 is 5.32 Å². The summed E-state index contributed by atoms with van der Waals surface area (Å²) in [6, 6.07) is 22.6. The second-order valence-electron chi connectivity index (χ2n) is 6.73. The first kappa shape index (κ1) is 21.4. The molecule has 0 radical (unpaired) electrons. The number of nitrogens with zero attached hydrogens (tertiary/aromatic N) is 1. The molecule has 0 aliphatic rings. The number of anilines is 2. The number of rotatable bonds is 6. The van der Waals surface area contributed by atoms with Gasteiger partial charge in [0.05, 0.1) is 15.6 Å². The maximum absolute atomic E-state index is 13.1. The van der Waals surface area contributed by atoms with Crippen molar-refractivity contribution >= 4 is 60.3 Å². The van der Waals surface area contributed by atoms with Gasteiger partial charge in [-0.1, -0.05) is 48.0 Å². The van der Waals surface area contributed by atoms with Gasteiger partial charge in [0.1, 0.15) is 4.88 Å². The van der Waals surface area contributed by atoms with Crippen LogP contribution in [0.5, 0.6) is 0 Å². The predicted octanol–water partition coefficient (Wildman–Crippen LogP) is 6.02. The first-order chi connectivity index (χ1) is 14.9. The van der Waals surface area contributed by atoms with Crippen LogP contribution in [0, 0.1) is 0 Å². The Morgan fingerprint density at radius 1 is 0.968 bits per heavy atom. The molecule has 1 N–H and O–H groups in total. The fraction of sp³-hybridized carbons (Fsp3) is 0.0870. The lowest BCUT2D eigenvalue weighted by Gasteiger charge is -2.23. The van der Waals surface area contributed by atoms with Crippen LogP contribution in [0.25, 0.3) is 10.1 Å². The summed E-state index contributed by atoms with van der Waals surface area (Å²) in [5, 5.41) is 4.04. The number of hydrogen-bond donors (Lipinski definition) is 1. The second kappa shape index (κ2) is 8.70. The quantitative estimate of drug-likeness (QED) is 0.374. The number of para-hydroxylation sites is 1. The Hall–Kier alpha value is -2.87. The molecule has 8 heteroatoms. The summed E-state index contributed by atoms with van der Waals surface area (Å²) in [6.45, 7) is 2.09. The van der Waals surface area contributed by atoms with Crippen molar-refractivity contribution < 1.29 is 13.2 Å². The van der Waals surface area contributed by atoms with Gasteiger partial charge in [0.2, 0.25) is 0 Å². The first-order valence-corrected chi connectivity index (χ1v) is 12.2. The highest BCUT2D eigenvalue weighted by Gasteiger charge is 2.23. The molecule has 3 aromatic carbocycles. The lowest BCUT2D eigenvalue weighted by Crippen LogP contribution is -2.30. The van der Waals surface area contributed by atoms with Crippen LogP contribution in [-0.4, -0.2) is 20.9 Å². The third kappa shape index (κ3) is 4.17. The topological polar surface area (TPSA) is 66.5 Å². The van der Waals surface area contributed by atoms with Crippen LogP contribution >= 0.6 is 22.9 Å². The number of benzene rings is 3. The lowest BCUT2D eigenvalue weighted by atomic mass is 10.2. The average molecular weight is 471 g/mol. The highest BCUT2D eigenvalue weighted by atomic mass is 35.5. The fourth-order valence-corrected chi connectivity index (χ4v) is 6.16. The minimum atomic E-state index is -3.72. The molecular formula is C23H19ClN2O3S2. The first-order valence-electron chi connectivity index (χ1n) is 9.58. The second-order valence-corrected chi connectivity index (χ2v) is 10.0. The minimum Gasteiger partial charge on any atom is -0.321 e. The highest BCUT2D eigenvalue weighted by Crippen LogP contribution is 2.35. The minimum absolute atomic E-state index is 0.149. The number of amides is 1. The summed E-state index contributed by atoms with van der Waals surface area (Å²) < 4.78 is 28.4. The normalized spacial score (nSPS) is 11.4. The van der Waals surface area contributed by atoms with E-state index in [1.807, 2.05) is 30.3 Å². The van der Waals surface area contributed by atoms with Crippen molar-refractivity contribution in [3.63, 3.8) is 0 Å². The molecule has 0 aliphatic carbocycles. The summed E-state index contributed by atoms with van der Waals surface area (Å²) in [6.07, 6.45) is 0. The number of thiophene rings is 1. The van der Waals surface area contributed by atoms with E-state index in [2.05, 4.69) is 5.32 Å². The number of carbonyl (C=O) groups excluding carboxylic acids is 1. The van der Waals surface area contributed by atoms with Crippen LogP contribution in [0.2, 0.25) is 5.02 Å². The van der Waals surface area contributed by atoms with E-state index >= 15 is 0 Å². The SMILES string of the molecule is CCN(c1ccccc1)S(=O)(=O)c1ccc(NC(=O)c2sc3ccccc3c2Cl)cc1. The Balaban J connectivity index is 1.56. The van der Waals surface area contributed by atoms with E-state index in [-0.39, 0.29) is 10.8 Å². The fourth-order valence-electron chi connectivity index (χ4n) is 3.27. The standard InChI is InChI=1S/C23H19ClN2O3S2/c1-2-26(17-8-4-3-5-9-17)31(28,29)18-14-12-16(13-15-18)25-23(27)22-21(24)19-10-6-7-11-20(19)30-22/h3-15H,2H2,1H3,(H,25,27). The van der Waals surface area contributed by atoms with Crippen molar-refractivity contribution in [2.75, 3.05) is 16.2 Å². The molecule has 5 nitrogen and oxygen atoms in total. The molecule has 0 saturated heterocycles. The molecule has 1 heterocycles. The number of sulfonamides is 1. The van der Waals surface area contributed by atoms with Gasteiger partial charge in [-0.3, -0.25) is 9.10 Å². The van der Waals surface area contributed by atoms with Crippen molar-refractivity contribution in [3.8, 4) is 0 Å². The maximum Gasteiger partial charge on any atom is 0.267 e. The molecule has 0 fully saturated rings. The van der Waals surface area contributed by atoms with Gasteiger partial charge >= 0.3 is 0 Å². The molecule has 0 atom stereocenters. The predicted molar refractivity (Wildman–Crippen MR) is 128 cm³/mol. The summed E-state index contributed by atoms with van der Waals surface area (Å²) in [4.78, 5) is 13.3. The molecule has 0 saturated carbocycles. The van der Waals surface area contributed by atoms with Crippen molar-refractivity contribution in [3.05, 3.63) is 88.8 Å². The average Bonchev–Trinajstić information content (AvgIpc) is 3.12. The van der Waals surface area contributed by atoms with Crippen LogP contribution in [-0.2, 0) is 10.0 Å². The number of hydrogen-bond acceptors (Lipinski definition) is 4. The third-order valence-electron chi connectivity index (χ3n) is 4.77. The molecule has 31 heavy (non-hydrogen) atoms. The zero-order valence-corrected chi connectivity index (χ0v) is 19.0.